The van der Waals surface area contributed by atoms with Crippen LogP contribution in [0.2, 0.25) is 0 Å². The van der Waals surface area contributed by atoms with E-state index in [0.717, 1.165) is 44.3 Å². The number of fused-ring (bicyclic) bond motifs is 1. The van der Waals surface area contributed by atoms with E-state index in [9.17, 15) is 9.59 Å². The van der Waals surface area contributed by atoms with Gasteiger partial charge in [0.1, 0.15) is 0 Å². The smallest absolute Gasteiger partial charge is 0.251 e. The zero-order valence-corrected chi connectivity index (χ0v) is 14.4. The van der Waals surface area contributed by atoms with Crippen molar-refractivity contribution in [3.8, 4) is 0 Å². The molecule has 0 radical (unpaired) electrons. The Bertz CT molecular complexity index is 616. The molecule has 1 saturated heterocycles. The topological polar surface area (TPSA) is 70.2 Å². The molecule has 5 nitrogen and oxygen atoms in total. The summed E-state index contributed by atoms with van der Waals surface area (Å²) in [5.74, 6) is 0.615. The molecule has 2 fully saturated rings. The minimum Gasteiger partial charge on any atom is -0.355 e. The molecule has 1 aliphatic heterocycles. The first-order valence-corrected chi connectivity index (χ1v) is 8.96. The summed E-state index contributed by atoms with van der Waals surface area (Å²) >= 11 is 0. The van der Waals surface area contributed by atoms with Gasteiger partial charge in [0.05, 0.1) is 5.41 Å². The fourth-order valence-electron chi connectivity index (χ4n) is 4.20. The second-order valence-corrected chi connectivity index (χ2v) is 7.02. The number of rotatable bonds is 5. The minimum atomic E-state index is -0.192. The Morgan fingerprint density at radius 2 is 2.21 bits per heavy atom. The molecule has 0 unspecified atom stereocenters. The highest BCUT2D eigenvalue weighted by Crippen LogP contribution is 2.43. The maximum absolute atomic E-state index is 12.8. The normalized spacial score (nSPS) is 25.8. The summed E-state index contributed by atoms with van der Waals surface area (Å²) in [6.45, 7) is 2.40. The molecule has 0 aromatic heterocycles. The van der Waals surface area contributed by atoms with Gasteiger partial charge in [0.15, 0.2) is 0 Å². The van der Waals surface area contributed by atoms with Crippen LogP contribution in [0.3, 0.4) is 0 Å². The lowest BCUT2D eigenvalue weighted by Gasteiger charge is -2.37. The van der Waals surface area contributed by atoms with Crippen LogP contribution < -0.4 is 16.0 Å². The van der Waals surface area contributed by atoms with Gasteiger partial charge in [0, 0.05) is 25.7 Å². The van der Waals surface area contributed by atoms with E-state index in [2.05, 4.69) is 16.0 Å². The molecular formula is C19H27N3O2. The maximum Gasteiger partial charge on any atom is 0.251 e. The number of amides is 2. The number of hydrogen-bond donors (Lipinski definition) is 3. The SMILES string of the molecule is CNC(=O)c1cccc(CCNC(=O)[C@@]23CCCC[C@H]2CNC3)c1. The molecule has 3 rings (SSSR count). The third-order valence-electron chi connectivity index (χ3n) is 5.61. The Hall–Kier alpha value is -1.88. The Morgan fingerprint density at radius 1 is 1.33 bits per heavy atom. The predicted molar refractivity (Wildman–Crippen MR) is 93.8 cm³/mol. The summed E-state index contributed by atoms with van der Waals surface area (Å²) in [4.78, 5) is 24.5. The molecule has 3 N–H and O–H groups in total. The average Bonchev–Trinajstić information content (AvgIpc) is 3.06. The van der Waals surface area contributed by atoms with Crippen molar-refractivity contribution in [1.29, 1.82) is 0 Å². The van der Waals surface area contributed by atoms with E-state index in [4.69, 9.17) is 0 Å². The number of hydrogen-bond acceptors (Lipinski definition) is 3. The average molecular weight is 329 g/mol. The summed E-state index contributed by atoms with van der Waals surface area (Å²) in [5.41, 5.74) is 1.54. The van der Waals surface area contributed by atoms with Crippen molar-refractivity contribution >= 4 is 11.8 Å². The fraction of sp³-hybridized carbons (Fsp3) is 0.579. The van der Waals surface area contributed by atoms with Crippen LogP contribution in [0.5, 0.6) is 0 Å². The van der Waals surface area contributed by atoms with Crippen LogP contribution in [-0.4, -0.2) is 38.5 Å². The van der Waals surface area contributed by atoms with Gasteiger partial charge >= 0.3 is 0 Å². The standard InChI is InChI=1S/C19H27N3O2/c1-20-17(23)15-6-4-5-14(11-15)8-10-22-18(24)19-9-3-2-7-16(19)12-21-13-19/h4-6,11,16,21H,2-3,7-10,12-13H2,1H3,(H,20,23)(H,22,24)/t16-,19+/m0/s1. The number of carbonyl (C=O) groups is 2. The number of nitrogens with one attached hydrogen (secondary N) is 3. The first-order chi connectivity index (χ1) is 11.7. The Labute approximate surface area is 143 Å². The van der Waals surface area contributed by atoms with Crippen LogP contribution in [0.15, 0.2) is 24.3 Å². The molecule has 1 saturated carbocycles. The third-order valence-corrected chi connectivity index (χ3v) is 5.61. The summed E-state index contributed by atoms with van der Waals surface area (Å²) in [6.07, 6.45) is 5.30. The van der Waals surface area contributed by atoms with Gasteiger partial charge in [-0.2, -0.15) is 0 Å². The van der Waals surface area contributed by atoms with E-state index in [1.165, 1.54) is 6.42 Å². The molecule has 0 bridgehead atoms. The van der Waals surface area contributed by atoms with Gasteiger partial charge in [0.25, 0.3) is 5.91 Å². The predicted octanol–water partition coefficient (Wildman–Crippen LogP) is 1.48. The van der Waals surface area contributed by atoms with Gasteiger partial charge in [-0.25, -0.2) is 0 Å². The van der Waals surface area contributed by atoms with Crippen molar-refractivity contribution in [2.45, 2.75) is 32.1 Å². The molecule has 0 spiro atoms. The Morgan fingerprint density at radius 3 is 3.04 bits per heavy atom. The Kier molecular flexibility index (Phi) is 5.19. The molecular weight excluding hydrogens is 302 g/mol. The molecule has 1 aromatic rings. The molecule has 130 valence electrons. The van der Waals surface area contributed by atoms with Gasteiger partial charge < -0.3 is 16.0 Å². The lowest BCUT2D eigenvalue weighted by atomic mass is 9.67. The quantitative estimate of drug-likeness (QED) is 0.766. The number of benzene rings is 1. The molecule has 2 atom stereocenters. The van der Waals surface area contributed by atoms with Crippen LogP contribution >= 0.6 is 0 Å². The van der Waals surface area contributed by atoms with E-state index in [1.54, 1.807) is 13.1 Å². The van der Waals surface area contributed by atoms with Gasteiger partial charge in [-0.3, -0.25) is 9.59 Å². The molecule has 1 aliphatic carbocycles. The van der Waals surface area contributed by atoms with Gasteiger partial charge in [-0.1, -0.05) is 25.0 Å². The van der Waals surface area contributed by atoms with Crippen molar-refractivity contribution in [3.05, 3.63) is 35.4 Å². The van der Waals surface area contributed by atoms with Crippen LogP contribution in [0, 0.1) is 11.3 Å². The maximum atomic E-state index is 12.8. The summed E-state index contributed by atoms with van der Waals surface area (Å²) < 4.78 is 0. The molecule has 1 heterocycles. The lowest BCUT2D eigenvalue weighted by Crippen LogP contribution is -2.48. The highest BCUT2D eigenvalue weighted by atomic mass is 16.2. The van der Waals surface area contributed by atoms with Crippen molar-refractivity contribution in [3.63, 3.8) is 0 Å². The lowest BCUT2D eigenvalue weighted by molar-refractivity contribution is -0.133. The van der Waals surface area contributed by atoms with E-state index in [0.29, 0.717) is 18.0 Å². The van der Waals surface area contributed by atoms with Gasteiger partial charge in [-0.05, 0) is 49.4 Å². The largest absolute Gasteiger partial charge is 0.355 e. The van der Waals surface area contributed by atoms with Crippen molar-refractivity contribution in [2.24, 2.45) is 11.3 Å². The molecule has 2 amide bonds. The van der Waals surface area contributed by atoms with Gasteiger partial charge in [0.2, 0.25) is 5.91 Å². The van der Waals surface area contributed by atoms with Crippen LogP contribution in [0.1, 0.15) is 41.6 Å². The summed E-state index contributed by atoms with van der Waals surface area (Å²) in [6, 6.07) is 7.58. The first kappa shape index (κ1) is 17.0. The second-order valence-electron chi connectivity index (χ2n) is 7.02. The molecule has 5 heteroatoms. The van der Waals surface area contributed by atoms with Crippen LogP contribution in [0.4, 0.5) is 0 Å². The highest BCUT2D eigenvalue weighted by molar-refractivity contribution is 5.94. The molecule has 1 aromatic carbocycles. The van der Waals surface area contributed by atoms with E-state index < -0.39 is 0 Å². The summed E-state index contributed by atoms with van der Waals surface area (Å²) in [5, 5.41) is 9.20. The first-order valence-electron chi connectivity index (χ1n) is 8.96. The van der Waals surface area contributed by atoms with E-state index >= 15 is 0 Å². The monoisotopic (exact) mass is 329 g/mol. The molecule has 2 aliphatic rings. The summed E-state index contributed by atoms with van der Waals surface area (Å²) in [7, 11) is 1.63. The van der Waals surface area contributed by atoms with Gasteiger partial charge in [-0.15, -0.1) is 0 Å². The second kappa shape index (κ2) is 7.34. The zero-order chi connectivity index (χ0) is 17.0. The van der Waals surface area contributed by atoms with Crippen molar-refractivity contribution < 1.29 is 9.59 Å². The van der Waals surface area contributed by atoms with Crippen LogP contribution in [0.25, 0.3) is 0 Å². The minimum absolute atomic E-state index is 0.0816. The van der Waals surface area contributed by atoms with Crippen LogP contribution in [-0.2, 0) is 11.2 Å². The fourth-order valence-corrected chi connectivity index (χ4v) is 4.20. The van der Waals surface area contributed by atoms with E-state index in [1.807, 2.05) is 18.2 Å². The van der Waals surface area contributed by atoms with Crippen molar-refractivity contribution in [1.82, 2.24) is 16.0 Å². The third kappa shape index (κ3) is 3.31. The Balaban J connectivity index is 1.56. The number of carbonyl (C=O) groups excluding carboxylic acids is 2. The van der Waals surface area contributed by atoms with Crippen molar-refractivity contribution in [2.75, 3.05) is 26.7 Å². The molecule has 24 heavy (non-hydrogen) atoms. The zero-order valence-electron chi connectivity index (χ0n) is 14.4. The highest BCUT2D eigenvalue weighted by Gasteiger charge is 2.49. The van der Waals surface area contributed by atoms with E-state index in [-0.39, 0.29) is 17.2 Å².